The molecule has 0 N–H and O–H groups in total. The lowest BCUT2D eigenvalue weighted by atomic mass is 9.44. The first-order valence-corrected chi connectivity index (χ1v) is 3.35. The molecule has 0 aliphatic carbocycles. The molecule has 0 saturated carbocycles. The Morgan fingerprint density at radius 1 is 1.00 bits per heavy atom. The average molecular weight is 100 g/mol. The Bertz CT molecular complexity index is 30.0. The van der Waals surface area contributed by atoms with Gasteiger partial charge in [0, 0.05) is 1.43 Å². The topological polar surface area (TPSA) is 0 Å². The fourth-order valence-corrected chi connectivity index (χ4v) is 0.866. The van der Waals surface area contributed by atoms with Gasteiger partial charge in [-0.3, -0.25) is 0 Å². The summed E-state index contributed by atoms with van der Waals surface area (Å²) in [5, 5.41) is 0. The number of hydrogen-bond acceptors (Lipinski definition) is 0. The minimum absolute atomic E-state index is 0. The van der Waals surface area contributed by atoms with Gasteiger partial charge < -0.3 is 0 Å². The van der Waals surface area contributed by atoms with Crippen molar-refractivity contribution in [2.75, 3.05) is 0 Å². The molecule has 0 unspecified atom stereocenters. The van der Waals surface area contributed by atoms with Gasteiger partial charge in [-0.1, -0.05) is 39.7 Å². The van der Waals surface area contributed by atoms with Crippen LogP contribution in [0.15, 0.2) is 0 Å². The summed E-state index contributed by atoms with van der Waals surface area (Å²) in [7, 11) is 0. The van der Waals surface area contributed by atoms with E-state index in [-0.39, 0.29) is 1.43 Å². The summed E-state index contributed by atoms with van der Waals surface area (Å²) in [4.78, 5) is 0. The smallest absolute Gasteiger partial charge is 0.0770 e. The first-order valence-electron chi connectivity index (χ1n) is 3.35. The lowest BCUT2D eigenvalue weighted by Gasteiger charge is -2.00. The van der Waals surface area contributed by atoms with Gasteiger partial charge in [-0.05, 0) is 0 Å². The van der Waals surface area contributed by atoms with Gasteiger partial charge >= 0.3 is 0 Å². The van der Waals surface area contributed by atoms with Crippen molar-refractivity contribution in [3.63, 3.8) is 0 Å². The maximum absolute atomic E-state index is 2.26. The maximum Gasteiger partial charge on any atom is 0.139 e. The van der Waals surface area contributed by atoms with E-state index in [1.807, 2.05) is 0 Å². The van der Waals surface area contributed by atoms with E-state index in [0.717, 1.165) is 6.71 Å². The van der Waals surface area contributed by atoms with Crippen molar-refractivity contribution >= 4 is 6.71 Å². The van der Waals surface area contributed by atoms with Crippen LogP contribution in [0, 0.1) is 0 Å². The normalized spacial score (nSPS) is 9.00. The fourth-order valence-electron chi connectivity index (χ4n) is 0.866. The summed E-state index contributed by atoms with van der Waals surface area (Å²) < 4.78 is 0. The Balaban J connectivity index is 0. The largest absolute Gasteiger partial charge is 0.139 e. The molecule has 0 aliphatic rings. The minimum Gasteiger partial charge on any atom is -0.0770 e. The molecule has 7 heavy (non-hydrogen) atoms. The van der Waals surface area contributed by atoms with Gasteiger partial charge in [0.2, 0.25) is 0 Å². The second kappa shape index (κ2) is 4.23. The van der Waals surface area contributed by atoms with Gasteiger partial charge in [-0.25, -0.2) is 0 Å². The van der Waals surface area contributed by atoms with E-state index >= 15 is 0 Å². The van der Waals surface area contributed by atoms with Crippen molar-refractivity contribution < 1.29 is 1.43 Å². The molecule has 0 radical (unpaired) electrons. The molecule has 0 aromatic carbocycles. The molecule has 1 heteroatoms. The third-order valence-corrected chi connectivity index (χ3v) is 1.73. The Labute approximate surface area is 48.9 Å². The van der Waals surface area contributed by atoms with Crippen LogP contribution in [-0.2, 0) is 0 Å². The molecule has 0 nitrogen and oxygen atoms in total. The highest BCUT2D eigenvalue weighted by Crippen LogP contribution is 2.01. The lowest BCUT2D eigenvalue weighted by molar-refractivity contribution is 1.24. The summed E-state index contributed by atoms with van der Waals surface area (Å²) in [5.74, 6) is 0. The molecule has 0 aromatic heterocycles. The van der Waals surface area contributed by atoms with Crippen LogP contribution in [0.3, 0.4) is 0 Å². The van der Waals surface area contributed by atoms with E-state index in [0.29, 0.717) is 0 Å². The van der Waals surface area contributed by atoms with Crippen LogP contribution < -0.4 is 0 Å². The molecule has 44 valence electrons. The predicted octanol–water partition coefficient (Wildman–Crippen LogP) is 2.79. The SMILES string of the molecule is CCB(CC)CC.[HH]. The van der Waals surface area contributed by atoms with Crippen LogP contribution >= 0.6 is 0 Å². The highest BCUT2D eigenvalue weighted by atomic mass is 13.7. The highest BCUT2D eigenvalue weighted by Gasteiger charge is 2.01. The number of rotatable bonds is 3. The molecule has 0 amide bonds. The van der Waals surface area contributed by atoms with Crippen LogP contribution in [0.5, 0.6) is 0 Å². The van der Waals surface area contributed by atoms with Crippen LogP contribution in [0.25, 0.3) is 0 Å². The maximum atomic E-state index is 2.26. The molecular formula is C6H17B. The van der Waals surface area contributed by atoms with E-state index in [9.17, 15) is 0 Å². The summed E-state index contributed by atoms with van der Waals surface area (Å²) in [5.41, 5.74) is 0. The summed E-state index contributed by atoms with van der Waals surface area (Å²) in [6.07, 6.45) is 4.06. The lowest BCUT2D eigenvalue weighted by Crippen LogP contribution is -2.04. The van der Waals surface area contributed by atoms with Crippen LogP contribution in [0.4, 0.5) is 0 Å². The average Bonchev–Trinajstić information content (AvgIpc) is 1.72. The van der Waals surface area contributed by atoms with Gasteiger partial charge in [0.25, 0.3) is 0 Å². The van der Waals surface area contributed by atoms with Gasteiger partial charge in [0.1, 0.15) is 6.71 Å². The first-order chi connectivity index (χ1) is 3.35. The second-order valence-corrected chi connectivity index (χ2v) is 2.09. The van der Waals surface area contributed by atoms with E-state index < -0.39 is 0 Å². The summed E-state index contributed by atoms with van der Waals surface area (Å²) >= 11 is 0. The molecule has 0 spiro atoms. The molecule has 0 aliphatic heterocycles. The molecule has 0 rings (SSSR count). The minimum atomic E-state index is 0. The van der Waals surface area contributed by atoms with Crippen molar-refractivity contribution in [1.29, 1.82) is 0 Å². The van der Waals surface area contributed by atoms with Crippen molar-refractivity contribution in [2.24, 2.45) is 0 Å². The van der Waals surface area contributed by atoms with Crippen molar-refractivity contribution in [3.05, 3.63) is 0 Å². The molecule has 0 fully saturated rings. The molecule has 0 atom stereocenters. The highest BCUT2D eigenvalue weighted by molar-refractivity contribution is 6.58. The van der Waals surface area contributed by atoms with Crippen LogP contribution in [0.2, 0.25) is 19.0 Å². The zero-order valence-corrected chi connectivity index (χ0v) is 5.70. The molecule has 0 heterocycles. The van der Waals surface area contributed by atoms with E-state index in [1.165, 1.54) is 19.0 Å². The predicted molar refractivity (Wildman–Crippen MR) is 39.3 cm³/mol. The van der Waals surface area contributed by atoms with E-state index in [4.69, 9.17) is 0 Å². The van der Waals surface area contributed by atoms with E-state index in [1.54, 1.807) is 0 Å². The van der Waals surface area contributed by atoms with E-state index in [2.05, 4.69) is 20.8 Å². The molecular weight excluding hydrogens is 82.9 g/mol. The molecule has 0 aromatic rings. The van der Waals surface area contributed by atoms with Gasteiger partial charge in [0.15, 0.2) is 0 Å². The first kappa shape index (κ1) is 7.06. The quantitative estimate of drug-likeness (QED) is 0.478. The molecule has 0 bridgehead atoms. The Morgan fingerprint density at radius 3 is 1.29 bits per heavy atom. The third-order valence-electron chi connectivity index (χ3n) is 1.73. The zero-order chi connectivity index (χ0) is 5.70. The van der Waals surface area contributed by atoms with Crippen molar-refractivity contribution in [3.8, 4) is 0 Å². The van der Waals surface area contributed by atoms with Gasteiger partial charge in [0.05, 0.1) is 0 Å². The molecule has 0 saturated heterocycles. The Kier molecular flexibility index (Phi) is 4.27. The Hall–Kier alpha value is 0.0649. The monoisotopic (exact) mass is 100 g/mol. The summed E-state index contributed by atoms with van der Waals surface area (Å²) in [6, 6.07) is 0. The second-order valence-electron chi connectivity index (χ2n) is 2.09. The van der Waals surface area contributed by atoms with Crippen LogP contribution in [-0.4, -0.2) is 6.71 Å². The zero-order valence-electron chi connectivity index (χ0n) is 5.70. The van der Waals surface area contributed by atoms with Gasteiger partial charge in [-0.15, -0.1) is 0 Å². The fraction of sp³-hybridized carbons (Fsp3) is 1.00. The van der Waals surface area contributed by atoms with Gasteiger partial charge in [-0.2, -0.15) is 0 Å². The van der Waals surface area contributed by atoms with Crippen molar-refractivity contribution in [1.82, 2.24) is 0 Å². The third kappa shape index (κ3) is 2.72. The summed E-state index contributed by atoms with van der Waals surface area (Å²) in [6.45, 7) is 7.77. The standard InChI is InChI=1S/C6H15B.H2/c1-4-7(5-2)6-3;/h4-6H2,1-3H3;1H. The Morgan fingerprint density at radius 2 is 1.29 bits per heavy atom. The van der Waals surface area contributed by atoms with Crippen LogP contribution in [0.1, 0.15) is 22.2 Å². The number of hydrogen-bond donors (Lipinski definition) is 0. The van der Waals surface area contributed by atoms with Crippen molar-refractivity contribution in [2.45, 2.75) is 39.7 Å².